The molecule has 2 aromatic rings. The Morgan fingerprint density at radius 1 is 1.15 bits per heavy atom. The molecule has 0 saturated heterocycles. The number of rotatable bonds is 8. The third-order valence-corrected chi connectivity index (χ3v) is 4.15. The van der Waals surface area contributed by atoms with Gasteiger partial charge >= 0.3 is 0 Å². The minimum atomic E-state index is -3.41. The maximum absolute atomic E-state index is 12.2. The summed E-state index contributed by atoms with van der Waals surface area (Å²) >= 11 is 6.06. The van der Waals surface area contributed by atoms with Crippen LogP contribution in [0.4, 0.5) is 5.69 Å². The molecule has 2 N–H and O–H groups in total. The van der Waals surface area contributed by atoms with Crippen molar-refractivity contribution < 1.29 is 22.7 Å². The third-order valence-electron chi connectivity index (χ3n) is 3.23. The molecule has 0 unspecified atom stereocenters. The number of sulfonamides is 1. The van der Waals surface area contributed by atoms with Crippen molar-refractivity contribution in [3.05, 3.63) is 53.1 Å². The van der Waals surface area contributed by atoms with Crippen molar-refractivity contribution >= 4 is 33.2 Å². The second-order valence-electron chi connectivity index (χ2n) is 5.32. The van der Waals surface area contributed by atoms with Crippen LogP contribution < -0.4 is 19.5 Å². The topological polar surface area (TPSA) is 93.7 Å². The number of benzene rings is 2. The summed E-state index contributed by atoms with van der Waals surface area (Å²) in [5.74, 6) is 0.804. The van der Waals surface area contributed by atoms with Gasteiger partial charge in [-0.15, -0.1) is 0 Å². The van der Waals surface area contributed by atoms with E-state index in [9.17, 15) is 13.2 Å². The van der Waals surface area contributed by atoms with Crippen molar-refractivity contribution in [1.29, 1.82) is 0 Å². The van der Waals surface area contributed by atoms with Crippen molar-refractivity contribution in [1.82, 2.24) is 5.32 Å². The fourth-order valence-electron chi connectivity index (χ4n) is 2.14. The van der Waals surface area contributed by atoms with Gasteiger partial charge in [-0.3, -0.25) is 9.52 Å². The zero-order chi connectivity index (χ0) is 19.2. The van der Waals surface area contributed by atoms with Crippen LogP contribution in [0.1, 0.15) is 10.4 Å². The van der Waals surface area contributed by atoms with Crippen molar-refractivity contribution in [2.75, 3.05) is 31.2 Å². The Morgan fingerprint density at radius 3 is 2.46 bits per heavy atom. The molecule has 0 spiro atoms. The summed E-state index contributed by atoms with van der Waals surface area (Å²) in [6.45, 7) is 0.508. The monoisotopic (exact) mass is 398 g/mol. The van der Waals surface area contributed by atoms with Crippen LogP contribution in [0.15, 0.2) is 42.5 Å². The molecule has 26 heavy (non-hydrogen) atoms. The fraction of sp³-hybridized carbons (Fsp3) is 0.235. The number of hydrogen-bond donors (Lipinski definition) is 2. The van der Waals surface area contributed by atoms with Crippen LogP contribution in [0.2, 0.25) is 5.02 Å². The van der Waals surface area contributed by atoms with E-state index < -0.39 is 10.0 Å². The Balaban J connectivity index is 1.90. The van der Waals surface area contributed by atoms with E-state index in [2.05, 4.69) is 10.0 Å². The SMILES string of the molecule is COc1ccccc1OCCNC(=O)c1ccc(NS(C)(=O)=O)cc1Cl. The molecule has 0 aromatic heterocycles. The summed E-state index contributed by atoms with van der Waals surface area (Å²) in [5, 5.41) is 2.83. The van der Waals surface area contributed by atoms with E-state index in [0.29, 0.717) is 11.5 Å². The predicted molar refractivity (Wildman–Crippen MR) is 101 cm³/mol. The molecule has 0 aliphatic rings. The van der Waals surface area contributed by atoms with Gasteiger partial charge in [0.2, 0.25) is 10.0 Å². The van der Waals surface area contributed by atoms with Gasteiger partial charge in [-0.2, -0.15) is 0 Å². The first-order valence-corrected chi connectivity index (χ1v) is 9.88. The van der Waals surface area contributed by atoms with Crippen molar-refractivity contribution in [2.45, 2.75) is 0 Å². The lowest BCUT2D eigenvalue weighted by Crippen LogP contribution is -2.28. The van der Waals surface area contributed by atoms with E-state index >= 15 is 0 Å². The maximum Gasteiger partial charge on any atom is 0.252 e. The van der Waals surface area contributed by atoms with Gasteiger partial charge in [-0.25, -0.2) is 8.42 Å². The van der Waals surface area contributed by atoms with Gasteiger partial charge in [0.25, 0.3) is 5.91 Å². The van der Waals surface area contributed by atoms with Gasteiger partial charge in [-0.1, -0.05) is 23.7 Å². The maximum atomic E-state index is 12.2. The molecule has 2 aromatic carbocycles. The average molecular weight is 399 g/mol. The number of para-hydroxylation sites is 2. The normalized spacial score (nSPS) is 10.9. The van der Waals surface area contributed by atoms with Gasteiger partial charge < -0.3 is 14.8 Å². The molecule has 0 bridgehead atoms. The molecule has 140 valence electrons. The summed E-state index contributed by atoms with van der Waals surface area (Å²) < 4.78 is 35.5. The van der Waals surface area contributed by atoms with Crippen LogP contribution >= 0.6 is 11.6 Å². The highest BCUT2D eigenvalue weighted by Crippen LogP contribution is 2.25. The Hall–Kier alpha value is -2.45. The molecule has 0 aliphatic carbocycles. The molecule has 7 nitrogen and oxygen atoms in total. The molecule has 0 heterocycles. The molecule has 9 heteroatoms. The van der Waals surface area contributed by atoms with Gasteiger partial charge in [0.1, 0.15) is 6.61 Å². The van der Waals surface area contributed by atoms with Gasteiger partial charge in [-0.05, 0) is 30.3 Å². The minimum absolute atomic E-state index is 0.141. The third kappa shape index (κ3) is 5.82. The number of methoxy groups -OCH3 is 1. The lowest BCUT2D eigenvalue weighted by Gasteiger charge is -2.11. The Kier molecular flexibility index (Phi) is 6.70. The largest absolute Gasteiger partial charge is 0.493 e. The quantitative estimate of drug-likeness (QED) is 0.666. The molecule has 1 amide bonds. The highest BCUT2D eigenvalue weighted by Gasteiger charge is 2.12. The van der Waals surface area contributed by atoms with E-state index in [1.807, 2.05) is 12.1 Å². The van der Waals surface area contributed by atoms with Crippen LogP contribution in [0.3, 0.4) is 0 Å². The second-order valence-corrected chi connectivity index (χ2v) is 7.48. The highest BCUT2D eigenvalue weighted by atomic mass is 35.5. The first-order valence-electron chi connectivity index (χ1n) is 7.61. The van der Waals surface area contributed by atoms with Crippen molar-refractivity contribution in [3.8, 4) is 11.5 Å². The summed E-state index contributed by atoms with van der Waals surface area (Å²) in [7, 11) is -1.86. The Morgan fingerprint density at radius 2 is 1.85 bits per heavy atom. The zero-order valence-corrected chi connectivity index (χ0v) is 15.9. The fourth-order valence-corrected chi connectivity index (χ4v) is 2.96. The molecule has 0 aliphatic heterocycles. The van der Waals surface area contributed by atoms with Crippen LogP contribution in [0.25, 0.3) is 0 Å². The van der Waals surface area contributed by atoms with Crippen LogP contribution in [0, 0.1) is 0 Å². The molecule has 2 rings (SSSR count). The molecular weight excluding hydrogens is 380 g/mol. The summed E-state index contributed by atoms with van der Waals surface area (Å²) in [5.41, 5.74) is 0.525. The number of amides is 1. The number of hydrogen-bond acceptors (Lipinski definition) is 5. The zero-order valence-electron chi connectivity index (χ0n) is 14.3. The Labute approximate surface area is 157 Å². The summed E-state index contributed by atoms with van der Waals surface area (Å²) in [6.07, 6.45) is 1.03. The lowest BCUT2D eigenvalue weighted by molar-refractivity contribution is 0.0947. The summed E-state index contributed by atoms with van der Waals surface area (Å²) in [4.78, 5) is 12.2. The van der Waals surface area contributed by atoms with Gasteiger partial charge in [0, 0.05) is 5.69 Å². The first kappa shape index (κ1) is 19.9. The highest BCUT2D eigenvalue weighted by molar-refractivity contribution is 7.92. The van der Waals surface area contributed by atoms with E-state index in [1.165, 1.54) is 18.2 Å². The van der Waals surface area contributed by atoms with Crippen LogP contribution in [0.5, 0.6) is 11.5 Å². The lowest BCUT2D eigenvalue weighted by atomic mass is 10.2. The predicted octanol–water partition coefficient (Wildman–Crippen LogP) is 2.53. The van der Waals surface area contributed by atoms with Crippen LogP contribution in [-0.4, -0.2) is 40.8 Å². The first-order chi connectivity index (χ1) is 12.3. The number of carbonyl (C=O) groups excluding carboxylic acids is 1. The molecule has 0 saturated carbocycles. The van der Waals surface area contributed by atoms with E-state index in [4.69, 9.17) is 21.1 Å². The number of carbonyl (C=O) groups is 1. The van der Waals surface area contributed by atoms with Gasteiger partial charge in [0.15, 0.2) is 11.5 Å². The van der Waals surface area contributed by atoms with Crippen molar-refractivity contribution in [2.24, 2.45) is 0 Å². The number of nitrogens with one attached hydrogen (secondary N) is 2. The molecular formula is C17H19ClN2O5S. The average Bonchev–Trinajstić information content (AvgIpc) is 2.57. The molecule has 0 fully saturated rings. The van der Waals surface area contributed by atoms with E-state index in [0.717, 1.165) is 6.26 Å². The smallest absolute Gasteiger partial charge is 0.252 e. The summed E-state index contributed by atoms with van der Waals surface area (Å²) in [6, 6.07) is 11.5. The molecule has 0 atom stereocenters. The minimum Gasteiger partial charge on any atom is -0.493 e. The van der Waals surface area contributed by atoms with Crippen molar-refractivity contribution in [3.63, 3.8) is 0 Å². The number of ether oxygens (including phenoxy) is 2. The Bertz CT molecular complexity index is 886. The molecule has 0 radical (unpaired) electrons. The second kappa shape index (κ2) is 8.77. The van der Waals surface area contributed by atoms with E-state index in [-0.39, 0.29) is 35.3 Å². The number of halogens is 1. The van der Waals surface area contributed by atoms with Crippen LogP contribution in [-0.2, 0) is 10.0 Å². The van der Waals surface area contributed by atoms with E-state index in [1.54, 1.807) is 19.2 Å². The standard InChI is InChI=1S/C17H19ClN2O5S/c1-24-15-5-3-4-6-16(15)25-10-9-19-17(21)13-8-7-12(11-14(13)18)20-26(2,22)23/h3-8,11,20H,9-10H2,1-2H3,(H,19,21). The number of anilines is 1. The van der Waals surface area contributed by atoms with Gasteiger partial charge in [0.05, 0.1) is 30.5 Å².